The van der Waals surface area contributed by atoms with Crippen LogP contribution in [-0.2, 0) is 11.2 Å². The van der Waals surface area contributed by atoms with Crippen LogP contribution in [0.2, 0.25) is 0 Å². The van der Waals surface area contributed by atoms with E-state index in [-0.39, 0.29) is 22.9 Å². The minimum Gasteiger partial charge on any atom is -0.425 e. The van der Waals surface area contributed by atoms with Crippen molar-refractivity contribution < 1.29 is 14.3 Å². The molecule has 4 unspecified atom stereocenters. The van der Waals surface area contributed by atoms with E-state index in [0.717, 1.165) is 63.1 Å². The Labute approximate surface area is 197 Å². The zero-order valence-corrected chi connectivity index (χ0v) is 20.4. The van der Waals surface area contributed by atoms with E-state index in [1.54, 1.807) is 0 Å². The minimum atomic E-state index is -0.209. The first-order valence-corrected chi connectivity index (χ1v) is 13.5. The smallest absolute Gasteiger partial charge is 0.219 e. The van der Waals surface area contributed by atoms with E-state index < -0.39 is 0 Å². The third-order valence-electron chi connectivity index (χ3n) is 11.0. The summed E-state index contributed by atoms with van der Waals surface area (Å²) in [5.41, 5.74) is 1.72. The SMILES string of the molecule is C=C(CCc1nnc(C2CC2)o1)C1CC[C@H]2[C@@H]3C(=O)CC4C[C@H](O)CCC4(C)[C@H]3CCC12C. The van der Waals surface area contributed by atoms with Crippen molar-refractivity contribution in [3.63, 3.8) is 0 Å². The summed E-state index contributed by atoms with van der Waals surface area (Å²) >= 11 is 0. The van der Waals surface area contributed by atoms with Crippen LogP contribution in [0.1, 0.15) is 102 Å². The van der Waals surface area contributed by atoms with Gasteiger partial charge in [0.25, 0.3) is 0 Å². The van der Waals surface area contributed by atoms with Gasteiger partial charge in [0, 0.05) is 24.7 Å². The normalized spacial score (nSPS) is 44.8. The van der Waals surface area contributed by atoms with Gasteiger partial charge in [0.15, 0.2) is 0 Å². The number of carbonyl (C=O) groups is 1. The van der Waals surface area contributed by atoms with Crippen molar-refractivity contribution in [1.82, 2.24) is 10.2 Å². The lowest BCUT2D eigenvalue weighted by Crippen LogP contribution is -2.57. The number of allylic oxidation sites excluding steroid dienone is 1. The van der Waals surface area contributed by atoms with Crippen LogP contribution < -0.4 is 0 Å². The number of aryl methyl sites for hydroxylation is 1. The van der Waals surface area contributed by atoms with E-state index in [1.165, 1.54) is 24.8 Å². The Balaban J connectivity index is 1.17. The van der Waals surface area contributed by atoms with E-state index in [1.807, 2.05) is 0 Å². The molecule has 5 aliphatic carbocycles. The summed E-state index contributed by atoms with van der Waals surface area (Å²) in [5, 5.41) is 18.8. The zero-order chi connectivity index (χ0) is 23.0. The molecule has 8 atom stereocenters. The number of carbonyl (C=O) groups excluding carboxylic acids is 1. The highest BCUT2D eigenvalue weighted by Crippen LogP contribution is 2.67. The maximum absolute atomic E-state index is 13.5. The van der Waals surface area contributed by atoms with E-state index in [9.17, 15) is 9.90 Å². The summed E-state index contributed by atoms with van der Waals surface area (Å²) in [6, 6.07) is 0. The molecule has 0 radical (unpaired) electrons. The lowest BCUT2D eigenvalue weighted by atomic mass is 9.44. The maximum atomic E-state index is 13.5. The molecule has 180 valence electrons. The van der Waals surface area contributed by atoms with Crippen LogP contribution in [0.5, 0.6) is 0 Å². The van der Waals surface area contributed by atoms with Gasteiger partial charge in [-0.3, -0.25) is 4.79 Å². The molecule has 0 bridgehead atoms. The van der Waals surface area contributed by atoms with E-state index in [4.69, 9.17) is 4.42 Å². The number of aliphatic hydroxyl groups is 1. The predicted molar refractivity (Wildman–Crippen MR) is 125 cm³/mol. The fourth-order valence-electron chi connectivity index (χ4n) is 8.88. The molecule has 5 saturated carbocycles. The average Bonchev–Trinajstić information content (AvgIpc) is 3.41. The second-order valence-corrected chi connectivity index (χ2v) is 12.7. The van der Waals surface area contributed by atoms with Crippen LogP contribution in [-0.4, -0.2) is 27.2 Å². The van der Waals surface area contributed by atoms with E-state index in [2.05, 4.69) is 30.6 Å². The molecule has 5 fully saturated rings. The van der Waals surface area contributed by atoms with Crippen molar-refractivity contribution in [2.75, 3.05) is 0 Å². The van der Waals surface area contributed by atoms with Gasteiger partial charge >= 0.3 is 0 Å². The molecule has 1 aromatic heterocycles. The molecular formula is C28H40N2O3. The van der Waals surface area contributed by atoms with Crippen molar-refractivity contribution in [3.8, 4) is 0 Å². The van der Waals surface area contributed by atoms with Gasteiger partial charge in [-0.15, -0.1) is 10.2 Å². The molecule has 5 heteroatoms. The van der Waals surface area contributed by atoms with Crippen LogP contribution in [0.4, 0.5) is 0 Å². The number of hydrogen-bond donors (Lipinski definition) is 1. The Kier molecular flexibility index (Phi) is 5.18. The van der Waals surface area contributed by atoms with Gasteiger partial charge in [0.2, 0.25) is 11.8 Å². The van der Waals surface area contributed by atoms with E-state index in [0.29, 0.717) is 41.8 Å². The zero-order valence-electron chi connectivity index (χ0n) is 20.4. The monoisotopic (exact) mass is 452 g/mol. The Morgan fingerprint density at radius 3 is 2.61 bits per heavy atom. The first kappa shape index (κ1) is 22.0. The second-order valence-electron chi connectivity index (χ2n) is 12.7. The number of nitrogens with zero attached hydrogens (tertiary/aromatic N) is 2. The highest BCUT2D eigenvalue weighted by molar-refractivity contribution is 5.83. The third kappa shape index (κ3) is 3.47. The van der Waals surface area contributed by atoms with Crippen molar-refractivity contribution in [2.24, 2.45) is 40.4 Å². The molecule has 0 aliphatic heterocycles. The van der Waals surface area contributed by atoms with Gasteiger partial charge in [0.05, 0.1) is 6.10 Å². The first-order valence-electron chi connectivity index (χ1n) is 13.5. The van der Waals surface area contributed by atoms with E-state index >= 15 is 0 Å². The largest absolute Gasteiger partial charge is 0.425 e. The number of Topliss-reactive ketones (excluding diaryl/α,β-unsaturated/α-hetero) is 1. The van der Waals surface area contributed by atoms with Gasteiger partial charge in [-0.2, -0.15) is 0 Å². The maximum Gasteiger partial charge on any atom is 0.219 e. The Bertz CT molecular complexity index is 951. The van der Waals surface area contributed by atoms with Crippen molar-refractivity contribution in [3.05, 3.63) is 23.9 Å². The van der Waals surface area contributed by atoms with Gasteiger partial charge < -0.3 is 9.52 Å². The van der Waals surface area contributed by atoms with Crippen LogP contribution in [0.15, 0.2) is 16.6 Å². The summed E-state index contributed by atoms with van der Waals surface area (Å²) in [7, 11) is 0. The summed E-state index contributed by atoms with van der Waals surface area (Å²) in [4.78, 5) is 13.5. The van der Waals surface area contributed by atoms with Crippen LogP contribution in [0, 0.1) is 40.4 Å². The fourth-order valence-corrected chi connectivity index (χ4v) is 8.88. The van der Waals surface area contributed by atoms with Gasteiger partial charge in [-0.05, 0) is 98.7 Å². The van der Waals surface area contributed by atoms with Crippen molar-refractivity contribution in [2.45, 2.75) is 103 Å². The lowest BCUT2D eigenvalue weighted by Gasteiger charge is -2.60. The molecule has 0 aromatic carbocycles. The summed E-state index contributed by atoms with van der Waals surface area (Å²) < 4.78 is 5.88. The Morgan fingerprint density at radius 2 is 1.82 bits per heavy atom. The number of aromatic nitrogens is 2. The first-order chi connectivity index (χ1) is 15.8. The highest BCUT2D eigenvalue weighted by atomic mass is 16.4. The van der Waals surface area contributed by atoms with Crippen molar-refractivity contribution in [1.29, 1.82) is 0 Å². The molecule has 1 N–H and O–H groups in total. The van der Waals surface area contributed by atoms with Crippen LogP contribution in [0.25, 0.3) is 0 Å². The molecular weight excluding hydrogens is 412 g/mol. The number of fused-ring (bicyclic) bond motifs is 5. The van der Waals surface area contributed by atoms with Crippen LogP contribution in [0.3, 0.4) is 0 Å². The molecule has 1 aromatic rings. The Hall–Kier alpha value is -1.49. The lowest BCUT2D eigenvalue weighted by molar-refractivity contribution is -0.159. The molecule has 6 rings (SSSR count). The molecule has 1 heterocycles. The number of rotatable bonds is 5. The molecule has 0 amide bonds. The van der Waals surface area contributed by atoms with Crippen molar-refractivity contribution >= 4 is 5.78 Å². The molecule has 5 aliphatic rings. The van der Waals surface area contributed by atoms with Gasteiger partial charge in [0.1, 0.15) is 5.78 Å². The standard InChI is InChI=1S/C28H40N2O3/c1-16(4-9-24-29-30-26(33-24)17-5-6-17)20-7-8-21-25-22(11-13-28(20,21)3)27(2)12-10-19(31)14-18(27)15-23(25)32/h17-22,25,31H,1,4-15H2,2-3H3/t18?,19-,20?,21+,22+,25+,27?,28?/m1/s1. The third-order valence-corrected chi connectivity index (χ3v) is 11.0. The molecule has 0 saturated heterocycles. The average molecular weight is 453 g/mol. The summed E-state index contributed by atoms with van der Waals surface area (Å²) in [6.07, 6.45) is 12.0. The quantitative estimate of drug-likeness (QED) is 0.586. The topological polar surface area (TPSA) is 76.2 Å². The summed E-state index contributed by atoms with van der Waals surface area (Å²) in [6.45, 7) is 9.46. The second kappa shape index (κ2) is 7.76. The van der Waals surface area contributed by atoms with Gasteiger partial charge in [-0.1, -0.05) is 26.0 Å². The van der Waals surface area contributed by atoms with Crippen LogP contribution >= 0.6 is 0 Å². The molecule has 5 nitrogen and oxygen atoms in total. The van der Waals surface area contributed by atoms with Gasteiger partial charge in [-0.25, -0.2) is 0 Å². The fraction of sp³-hybridized carbons (Fsp3) is 0.821. The minimum absolute atomic E-state index is 0.180. The molecule has 0 spiro atoms. The number of hydrogen-bond acceptors (Lipinski definition) is 5. The highest BCUT2D eigenvalue weighted by Gasteiger charge is 2.62. The Morgan fingerprint density at radius 1 is 1.06 bits per heavy atom. The molecule has 33 heavy (non-hydrogen) atoms. The number of ketones is 1. The predicted octanol–water partition coefficient (Wildman–Crippen LogP) is 5.63. The number of aliphatic hydroxyl groups excluding tert-OH is 1. The summed E-state index contributed by atoms with van der Waals surface area (Å²) in [5.74, 6) is 4.64.